The third-order valence-corrected chi connectivity index (χ3v) is 5.60. The first-order valence-electron chi connectivity index (χ1n) is 10.8. The van der Waals surface area contributed by atoms with Crippen LogP contribution < -0.4 is 10.1 Å². The second-order valence-corrected chi connectivity index (χ2v) is 7.89. The highest BCUT2D eigenvalue weighted by Crippen LogP contribution is 2.23. The number of rotatable bonds is 7. The van der Waals surface area contributed by atoms with Gasteiger partial charge in [0.05, 0.1) is 24.7 Å². The molecule has 0 spiro atoms. The van der Waals surface area contributed by atoms with Crippen LogP contribution in [0.25, 0.3) is 11.4 Å². The van der Waals surface area contributed by atoms with E-state index in [0.29, 0.717) is 12.6 Å². The normalized spacial score (nSPS) is 15.1. The van der Waals surface area contributed by atoms with Crippen molar-refractivity contribution in [1.29, 1.82) is 0 Å². The van der Waals surface area contributed by atoms with Crippen molar-refractivity contribution in [1.82, 2.24) is 14.9 Å². The molecular formula is C25H30N4O. The summed E-state index contributed by atoms with van der Waals surface area (Å²) in [5.41, 5.74) is 4.55. The van der Waals surface area contributed by atoms with Crippen molar-refractivity contribution in [3.8, 4) is 17.1 Å². The monoisotopic (exact) mass is 402 g/mol. The number of likely N-dealkylation sites (tertiary alicyclic amines) is 1. The van der Waals surface area contributed by atoms with Crippen LogP contribution in [0.4, 0.5) is 5.69 Å². The predicted molar refractivity (Wildman–Crippen MR) is 122 cm³/mol. The lowest BCUT2D eigenvalue weighted by molar-refractivity contribution is 0.211. The number of aromatic nitrogens is 2. The Labute approximate surface area is 179 Å². The number of benzene rings is 2. The zero-order chi connectivity index (χ0) is 20.8. The molecule has 2 heterocycles. The minimum atomic E-state index is 0.462. The predicted octanol–water partition coefficient (Wildman–Crippen LogP) is 4.93. The van der Waals surface area contributed by atoms with E-state index in [2.05, 4.69) is 45.3 Å². The molecule has 0 aliphatic carbocycles. The van der Waals surface area contributed by atoms with Crippen LogP contribution in [0, 0.1) is 6.92 Å². The number of piperidine rings is 1. The van der Waals surface area contributed by atoms with Crippen LogP contribution in [0.3, 0.4) is 0 Å². The van der Waals surface area contributed by atoms with Gasteiger partial charge in [-0.1, -0.05) is 42.5 Å². The molecule has 5 nitrogen and oxygen atoms in total. The van der Waals surface area contributed by atoms with Crippen LogP contribution in [-0.2, 0) is 6.54 Å². The van der Waals surface area contributed by atoms with Crippen molar-refractivity contribution < 1.29 is 4.74 Å². The molecule has 0 amide bonds. The number of hydrogen-bond donors (Lipinski definition) is 1. The van der Waals surface area contributed by atoms with E-state index in [4.69, 9.17) is 4.74 Å². The van der Waals surface area contributed by atoms with Crippen molar-refractivity contribution in [2.75, 3.05) is 25.0 Å². The van der Waals surface area contributed by atoms with Crippen LogP contribution in [0.5, 0.6) is 5.75 Å². The third kappa shape index (κ3) is 5.16. The lowest BCUT2D eigenvalue weighted by Gasteiger charge is -2.32. The zero-order valence-corrected chi connectivity index (χ0v) is 17.8. The van der Waals surface area contributed by atoms with Gasteiger partial charge in [-0.2, -0.15) is 0 Å². The van der Waals surface area contributed by atoms with Gasteiger partial charge >= 0.3 is 0 Å². The summed E-state index contributed by atoms with van der Waals surface area (Å²) in [5.74, 6) is 1.77. The fourth-order valence-electron chi connectivity index (χ4n) is 3.92. The summed E-state index contributed by atoms with van der Waals surface area (Å²) in [4.78, 5) is 11.6. The molecule has 0 atom stereocenters. The number of anilines is 1. The second-order valence-electron chi connectivity index (χ2n) is 7.89. The van der Waals surface area contributed by atoms with Crippen LogP contribution >= 0.6 is 0 Å². The quantitative estimate of drug-likeness (QED) is 0.607. The van der Waals surface area contributed by atoms with Crippen LogP contribution in [0.15, 0.2) is 60.9 Å². The zero-order valence-electron chi connectivity index (χ0n) is 17.8. The topological polar surface area (TPSA) is 50.3 Å². The van der Waals surface area contributed by atoms with Gasteiger partial charge in [0.1, 0.15) is 5.75 Å². The molecule has 0 bridgehead atoms. The van der Waals surface area contributed by atoms with Gasteiger partial charge in [-0.25, -0.2) is 9.97 Å². The Morgan fingerprint density at radius 1 is 1.03 bits per heavy atom. The van der Waals surface area contributed by atoms with Crippen LogP contribution in [0.1, 0.15) is 30.9 Å². The van der Waals surface area contributed by atoms with Crippen molar-refractivity contribution in [3.05, 3.63) is 72.1 Å². The summed E-state index contributed by atoms with van der Waals surface area (Å²) < 4.78 is 5.75. The highest BCUT2D eigenvalue weighted by atomic mass is 16.5. The number of aryl methyl sites for hydroxylation is 1. The number of nitrogens with one attached hydrogen (secondary N) is 1. The smallest absolute Gasteiger partial charge is 0.159 e. The first kappa shape index (κ1) is 20.4. The summed E-state index contributed by atoms with van der Waals surface area (Å²) in [6.07, 6.45) is 6.02. The molecule has 2 aromatic carbocycles. The first-order valence-corrected chi connectivity index (χ1v) is 10.8. The van der Waals surface area contributed by atoms with Gasteiger partial charge in [0.15, 0.2) is 5.82 Å². The maximum Gasteiger partial charge on any atom is 0.159 e. The number of hydrogen-bond acceptors (Lipinski definition) is 5. The van der Waals surface area contributed by atoms with Gasteiger partial charge in [0.2, 0.25) is 0 Å². The molecule has 1 aromatic heterocycles. The third-order valence-electron chi connectivity index (χ3n) is 5.60. The fraction of sp³-hybridized carbons (Fsp3) is 0.360. The van der Waals surface area contributed by atoms with E-state index in [-0.39, 0.29) is 0 Å². The van der Waals surface area contributed by atoms with Crippen molar-refractivity contribution in [2.24, 2.45) is 0 Å². The van der Waals surface area contributed by atoms with Gasteiger partial charge in [0.25, 0.3) is 0 Å². The Hall–Kier alpha value is -2.92. The molecule has 5 heteroatoms. The number of ether oxygens (including phenoxy) is 1. The highest BCUT2D eigenvalue weighted by Gasteiger charge is 2.19. The van der Waals surface area contributed by atoms with E-state index in [1.54, 1.807) is 0 Å². The lowest BCUT2D eigenvalue weighted by Crippen LogP contribution is -2.38. The van der Waals surface area contributed by atoms with Gasteiger partial charge in [0, 0.05) is 31.2 Å². The summed E-state index contributed by atoms with van der Waals surface area (Å²) >= 11 is 0. The Morgan fingerprint density at radius 2 is 1.77 bits per heavy atom. The van der Waals surface area contributed by atoms with Crippen LogP contribution in [0.2, 0.25) is 0 Å². The van der Waals surface area contributed by atoms with Gasteiger partial charge in [-0.15, -0.1) is 0 Å². The molecule has 156 valence electrons. The molecule has 30 heavy (non-hydrogen) atoms. The molecular weight excluding hydrogens is 372 g/mol. The largest absolute Gasteiger partial charge is 0.494 e. The summed E-state index contributed by atoms with van der Waals surface area (Å²) in [7, 11) is 0. The average Bonchev–Trinajstić information content (AvgIpc) is 2.79. The summed E-state index contributed by atoms with van der Waals surface area (Å²) in [5, 5.41) is 3.61. The summed E-state index contributed by atoms with van der Waals surface area (Å²) in [6, 6.07) is 17.1. The van der Waals surface area contributed by atoms with Crippen LogP contribution in [-0.4, -0.2) is 40.6 Å². The van der Waals surface area contributed by atoms with E-state index >= 15 is 0 Å². The molecule has 0 unspecified atom stereocenters. The SMILES string of the molecule is CCOc1cc(CN2CCC(Nc3cnc(-c4ccccc4)nc3)CC2)ccc1C. The van der Waals surface area contributed by atoms with E-state index in [9.17, 15) is 0 Å². The van der Waals surface area contributed by atoms with Crippen molar-refractivity contribution >= 4 is 5.69 Å². The highest BCUT2D eigenvalue weighted by molar-refractivity contribution is 5.55. The van der Waals surface area contributed by atoms with E-state index < -0.39 is 0 Å². The van der Waals surface area contributed by atoms with Crippen molar-refractivity contribution in [2.45, 2.75) is 39.3 Å². The fourth-order valence-corrected chi connectivity index (χ4v) is 3.92. The Balaban J connectivity index is 1.28. The van der Waals surface area contributed by atoms with E-state index in [1.165, 1.54) is 11.1 Å². The number of nitrogens with zero attached hydrogens (tertiary/aromatic N) is 3. The first-order chi connectivity index (χ1) is 14.7. The van der Waals surface area contributed by atoms with Crippen molar-refractivity contribution in [3.63, 3.8) is 0 Å². The Morgan fingerprint density at radius 3 is 2.47 bits per heavy atom. The molecule has 1 N–H and O–H groups in total. The molecule has 1 fully saturated rings. The average molecular weight is 403 g/mol. The van der Waals surface area contributed by atoms with Gasteiger partial charge in [-0.3, -0.25) is 4.90 Å². The molecule has 4 rings (SSSR count). The lowest BCUT2D eigenvalue weighted by atomic mass is 10.0. The maximum absolute atomic E-state index is 5.75. The molecule has 1 aliphatic rings. The molecule has 3 aromatic rings. The standard InChI is InChI=1S/C25H30N4O/c1-3-30-24-15-20(10-9-19(24)2)18-29-13-11-22(12-14-29)28-23-16-26-25(27-17-23)21-7-5-4-6-8-21/h4-10,15-17,22,28H,3,11-14,18H2,1-2H3. The minimum absolute atomic E-state index is 0.462. The van der Waals surface area contributed by atoms with E-state index in [1.807, 2.05) is 49.6 Å². The van der Waals surface area contributed by atoms with Gasteiger partial charge < -0.3 is 10.1 Å². The Kier molecular flexibility index (Phi) is 6.60. The maximum atomic E-state index is 5.75. The Bertz CT molecular complexity index is 935. The summed E-state index contributed by atoms with van der Waals surface area (Å²) in [6.45, 7) is 7.97. The second kappa shape index (κ2) is 9.72. The molecule has 0 radical (unpaired) electrons. The molecule has 0 saturated carbocycles. The van der Waals surface area contributed by atoms with E-state index in [0.717, 1.165) is 55.3 Å². The molecule has 1 saturated heterocycles. The van der Waals surface area contributed by atoms with Gasteiger partial charge in [-0.05, 0) is 43.9 Å². The minimum Gasteiger partial charge on any atom is -0.494 e. The molecule has 1 aliphatic heterocycles.